The predicted octanol–water partition coefficient (Wildman–Crippen LogP) is 4.26. The van der Waals surface area contributed by atoms with E-state index in [0.29, 0.717) is 18.0 Å². The fraction of sp³-hybridized carbons (Fsp3) is 0.208. The molecule has 0 aliphatic carbocycles. The second-order valence-electron chi connectivity index (χ2n) is 6.97. The van der Waals surface area contributed by atoms with Gasteiger partial charge in [0.2, 0.25) is 0 Å². The molecule has 0 unspecified atom stereocenters. The van der Waals surface area contributed by atoms with Crippen LogP contribution in [-0.2, 0) is 16.1 Å². The van der Waals surface area contributed by atoms with Crippen LogP contribution in [0.5, 0.6) is 5.75 Å². The summed E-state index contributed by atoms with van der Waals surface area (Å²) < 4.78 is 10.5. The first-order valence-corrected chi connectivity index (χ1v) is 9.91. The number of methoxy groups -OCH3 is 1. The molecule has 0 radical (unpaired) electrons. The number of hydrogen-bond donors (Lipinski definition) is 2. The average molecular weight is 419 g/mol. The largest absolute Gasteiger partial charge is 0.493 e. The molecule has 0 saturated carbocycles. The third kappa shape index (κ3) is 6.57. The summed E-state index contributed by atoms with van der Waals surface area (Å²) in [5.41, 5.74) is 3.31. The van der Waals surface area contributed by atoms with Crippen molar-refractivity contribution >= 4 is 17.7 Å². The summed E-state index contributed by atoms with van der Waals surface area (Å²) in [7, 11) is 1.36. The highest BCUT2D eigenvalue weighted by molar-refractivity contribution is 5.90. The van der Waals surface area contributed by atoms with Gasteiger partial charge >= 0.3 is 12.0 Å². The van der Waals surface area contributed by atoms with Gasteiger partial charge in [-0.05, 0) is 54.4 Å². The van der Waals surface area contributed by atoms with Gasteiger partial charge in [-0.2, -0.15) is 0 Å². The first kappa shape index (κ1) is 21.8. The fourth-order valence-corrected chi connectivity index (χ4v) is 2.88. The lowest BCUT2D eigenvalue weighted by Gasteiger charge is -2.13. The molecule has 31 heavy (non-hydrogen) atoms. The van der Waals surface area contributed by atoms with Crippen molar-refractivity contribution in [2.24, 2.45) is 5.92 Å². The fourth-order valence-electron chi connectivity index (χ4n) is 2.88. The van der Waals surface area contributed by atoms with Gasteiger partial charge in [-0.3, -0.25) is 9.78 Å². The van der Waals surface area contributed by atoms with Crippen LogP contribution < -0.4 is 15.4 Å². The molecule has 7 heteroatoms. The van der Waals surface area contributed by atoms with Gasteiger partial charge in [0.15, 0.2) is 0 Å². The maximum Gasteiger partial charge on any atom is 0.319 e. The van der Waals surface area contributed by atoms with Gasteiger partial charge in [0, 0.05) is 11.9 Å². The van der Waals surface area contributed by atoms with Crippen LogP contribution in [0.15, 0.2) is 72.9 Å². The minimum absolute atomic E-state index is 0.230. The Morgan fingerprint density at radius 3 is 2.52 bits per heavy atom. The molecule has 2 N–H and O–H groups in total. The Morgan fingerprint density at radius 1 is 1.00 bits per heavy atom. The molecule has 0 bridgehead atoms. The van der Waals surface area contributed by atoms with Crippen LogP contribution in [0.25, 0.3) is 11.1 Å². The van der Waals surface area contributed by atoms with Crippen molar-refractivity contribution in [3.05, 3.63) is 78.6 Å². The molecule has 0 spiro atoms. The molecule has 0 aliphatic heterocycles. The van der Waals surface area contributed by atoms with Crippen molar-refractivity contribution in [3.63, 3.8) is 0 Å². The lowest BCUT2D eigenvalue weighted by Crippen LogP contribution is -2.28. The Bertz CT molecular complexity index is 1020. The number of benzene rings is 2. The molecule has 2 amide bonds. The minimum atomic E-state index is -0.356. The van der Waals surface area contributed by atoms with Crippen molar-refractivity contribution in [1.82, 2.24) is 10.3 Å². The first-order chi connectivity index (χ1) is 15.0. The lowest BCUT2D eigenvalue weighted by molar-refractivity contribution is -0.145. The third-order valence-electron chi connectivity index (χ3n) is 4.55. The van der Waals surface area contributed by atoms with E-state index in [-0.39, 0.29) is 24.5 Å². The molecule has 2 aromatic carbocycles. The van der Waals surface area contributed by atoms with Gasteiger partial charge < -0.3 is 20.1 Å². The summed E-state index contributed by atoms with van der Waals surface area (Å²) in [5.74, 6) is -0.0123. The van der Waals surface area contributed by atoms with E-state index in [1.807, 2.05) is 66.7 Å². The number of esters is 1. The van der Waals surface area contributed by atoms with Crippen LogP contribution in [0.3, 0.4) is 0 Å². The van der Waals surface area contributed by atoms with Gasteiger partial charge in [-0.25, -0.2) is 4.79 Å². The van der Waals surface area contributed by atoms with E-state index < -0.39 is 0 Å². The molecule has 0 fully saturated rings. The molecule has 160 valence electrons. The lowest BCUT2D eigenvalue weighted by atomic mass is 10.0. The van der Waals surface area contributed by atoms with Crippen LogP contribution in [0.4, 0.5) is 10.5 Å². The summed E-state index contributed by atoms with van der Waals surface area (Å²) in [6.45, 7) is 2.33. The Hall–Kier alpha value is -3.87. The van der Waals surface area contributed by atoms with Crippen LogP contribution in [-0.4, -0.2) is 30.7 Å². The predicted molar refractivity (Wildman–Crippen MR) is 119 cm³/mol. The molecule has 1 heterocycles. The Kier molecular flexibility index (Phi) is 7.59. The summed E-state index contributed by atoms with van der Waals surface area (Å²) in [4.78, 5) is 27.9. The Balaban J connectivity index is 1.61. The van der Waals surface area contributed by atoms with Gasteiger partial charge in [-0.1, -0.05) is 30.3 Å². The average Bonchev–Trinajstić information content (AvgIpc) is 2.81. The molecule has 3 rings (SSSR count). The van der Waals surface area contributed by atoms with Crippen LogP contribution >= 0.6 is 0 Å². The molecular weight excluding hydrogens is 394 g/mol. The topological polar surface area (TPSA) is 89.5 Å². The number of pyridine rings is 1. The zero-order valence-corrected chi connectivity index (χ0v) is 17.5. The van der Waals surface area contributed by atoms with Gasteiger partial charge in [0.05, 0.1) is 25.3 Å². The highest BCUT2D eigenvalue weighted by atomic mass is 16.5. The normalized spacial score (nSPS) is 11.3. The van der Waals surface area contributed by atoms with Crippen molar-refractivity contribution in [2.45, 2.75) is 13.5 Å². The van der Waals surface area contributed by atoms with Gasteiger partial charge in [0.25, 0.3) is 0 Å². The quantitative estimate of drug-likeness (QED) is 0.533. The van der Waals surface area contributed by atoms with Crippen LogP contribution in [0.1, 0.15) is 12.6 Å². The number of amides is 2. The zero-order valence-electron chi connectivity index (χ0n) is 17.5. The van der Waals surface area contributed by atoms with E-state index in [2.05, 4.69) is 15.6 Å². The maximum absolute atomic E-state index is 12.2. The Labute approximate surface area is 181 Å². The number of urea groups is 1. The van der Waals surface area contributed by atoms with Crippen molar-refractivity contribution in [1.29, 1.82) is 0 Å². The SMILES string of the molecule is COC(=O)[C@@H](C)COc1cccc(-c2cccc(NC(=O)NCc3ccccn3)c2)c1. The molecule has 0 aliphatic rings. The van der Waals surface area contributed by atoms with Crippen LogP contribution in [0.2, 0.25) is 0 Å². The molecule has 1 aromatic heterocycles. The number of hydrogen-bond acceptors (Lipinski definition) is 5. The molecule has 0 saturated heterocycles. The number of anilines is 1. The van der Waals surface area contributed by atoms with Crippen LogP contribution in [0, 0.1) is 5.92 Å². The van der Waals surface area contributed by atoms with Crippen molar-refractivity contribution in [2.75, 3.05) is 19.0 Å². The first-order valence-electron chi connectivity index (χ1n) is 9.91. The van der Waals surface area contributed by atoms with Gasteiger partial charge in [0.1, 0.15) is 12.4 Å². The third-order valence-corrected chi connectivity index (χ3v) is 4.55. The molecule has 7 nitrogen and oxygen atoms in total. The maximum atomic E-state index is 12.2. The number of nitrogens with zero attached hydrogens (tertiary/aromatic N) is 1. The number of aromatic nitrogens is 1. The number of ether oxygens (including phenoxy) is 2. The highest BCUT2D eigenvalue weighted by Gasteiger charge is 2.14. The van der Waals surface area contributed by atoms with Crippen molar-refractivity contribution < 1.29 is 19.1 Å². The highest BCUT2D eigenvalue weighted by Crippen LogP contribution is 2.26. The van der Waals surface area contributed by atoms with Gasteiger partial charge in [-0.15, -0.1) is 0 Å². The monoisotopic (exact) mass is 419 g/mol. The molecule has 1 atom stereocenters. The van der Waals surface area contributed by atoms with E-state index in [4.69, 9.17) is 9.47 Å². The second kappa shape index (κ2) is 10.8. The summed E-state index contributed by atoms with van der Waals surface area (Å²) in [5, 5.41) is 5.62. The smallest absolute Gasteiger partial charge is 0.319 e. The summed E-state index contributed by atoms with van der Waals surface area (Å²) >= 11 is 0. The number of carbonyl (C=O) groups excluding carboxylic acids is 2. The number of nitrogens with one attached hydrogen (secondary N) is 2. The number of carbonyl (C=O) groups is 2. The van der Waals surface area contributed by atoms with E-state index >= 15 is 0 Å². The molecular formula is C24H25N3O4. The minimum Gasteiger partial charge on any atom is -0.493 e. The summed E-state index contributed by atoms with van der Waals surface area (Å²) in [6, 6.07) is 20.3. The van der Waals surface area contributed by atoms with E-state index in [1.165, 1.54) is 7.11 Å². The number of rotatable bonds is 8. The Morgan fingerprint density at radius 2 is 1.77 bits per heavy atom. The second-order valence-corrected chi connectivity index (χ2v) is 6.97. The van der Waals surface area contributed by atoms with E-state index in [1.54, 1.807) is 13.1 Å². The van der Waals surface area contributed by atoms with E-state index in [9.17, 15) is 9.59 Å². The zero-order chi connectivity index (χ0) is 22.1. The molecule has 3 aromatic rings. The standard InChI is InChI=1S/C24H25N3O4/c1-17(23(28)30-2)16-31-22-11-6-8-19(14-22)18-7-5-10-20(13-18)27-24(29)26-15-21-9-3-4-12-25-21/h3-14,17H,15-16H2,1-2H3,(H2,26,27,29)/t17-/m0/s1. The van der Waals surface area contributed by atoms with E-state index in [0.717, 1.165) is 16.8 Å². The summed E-state index contributed by atoms with van der Waals surface area (Å²) in [6.07, 6.45) is 1.69. The van der Waals surface area contributed by atoms with Crippen molar-refractivity contribution in [3.8, 4) is 16.9 Å².